The van der Waals surface area contributed by atoms with E-state index in [-0.39, 0.29) is 24.3 Å². The first kappa shape index (κ1) is 24.1. The number of carbonyl (C=O) groups is 1. The lowest BCUT2D eigenvalue weighted by Gasteiger charge is -2.19. The Morgan fingerprint density at radius 1 is 1.19 bits per heavy atom. The number of benzene rings is 2. The van der Waals surface area contributed by atoms with Crippen molar-refractivity contribution in [1.82, 2.24) is 24.1 Å². The molecule has 0 aliphatic carbocycles. The van der Waals surface area contributed by atoms with Crippen LogP contribution < -0.4 is 5.32 Å². The van der Waals surface area contributed by atoms with Crippen LogP contribution in [-0.4, -0.2) is 57.7 Å². The van der Waals surface area contributed by atoms with Crippen LogP contribution in [0.5, 0.6) is 0 Å². The zero-order valence-corrected chi connectivity index (χ0v) is 20.0. The van der Waals surface area contributed by atoms with Crippen LogP contribution in [0.1, 0.15) is 18.8 Å². The third-order valence-electron chi connectivity index (χ3n) is 5.03. The predicted molar refractivity (Wildman–Crippen MR) is 127 cm³/mol. The quantitative estimate of drug-likeness (QED) is 0.490. The molecule has 0 radical (unpaired) electrons. The molecule has 0 fully saturated rings. The molecule has 1 aromatic heterocycles. The van der Waals surface area contributed by atoms with E-state index in [2.05, 4.69) is 5.32 Å². The number of para-hydroxylation sites is 1. The molecule has 1 atom stereocenters. The van der Waals surface area contributed by atoms with Crippen molar-refractivity contribution < 1.29 is 9.18 Å². The Morgan fingerprint density at radius 2 is 1.84 bits per heavy atom. The molecule has 0 bridgehead atoms. The summed E-state index contributed by atoms with van der Waals surface area (Å²) in [5.41, 5.74) is 1.29. The van der Waals surface area contributed by atoms with Crippen molar-refractivity contribution in [1.29, 1.82) is 0 Å². The van der Waals surface area contributed by atoms with Crippen molar-refractivity contribution in [3.05, 3.63) is 70.0 Å². The summed E-state index contributed by atoms with van der Waals surface area (Å²) >= 11 is 11.8. The number of carbonyl (C=O) groups excluding carboxylic acids is 1. The number of hydrogen-bond acceptors (Lipinski definition) is 5. The van der Waals surface area contributed by atoms with Crippen LogP contribution >= 0.6 is 23.8 Å². The topological polar surface area (TPSA) is 58.3 Å². The molecule has 0 unspecified atom stereocenters. The Labute approximate surface area is 197 Å². The highest BCUT2D eigenvalue weighted by molar-refractivity contribution is 7.71. The van der Waals surface area contributed by atoms with Crippen LogP contribution in [0.2, 0.25) is 5.02 Å². The summed E-state index contributed by atoms with van der Waals surface area (Å²) in [6, 6.07) is 13.2. The van der Waals surface area contributed by atoms with Gasteiger partial charge in [-0.15, -0.1) is 0 Å². The first-order valence-electron chi connectivity index (χ1n) is 10.0. The van der Waals surface area contributed by atoms with Crippen LogP contribution in [0.25, 0.3) is 5.69 Å². The van der Waals surface area contributed by atoms with Gasteiger partial charge in [0.2, 0.25) is 10.7 Å². The minimum Gasteiger partial charge on any atom is -0.324 e. The predicted octanol–water partition coefficient (Wildman–Crippen LogP) is 4.35. The average Bonchev–Trinajstić information content (AvgIpc) is 3.05. The molecule has 0 aliphatic rings. The third kappa shape index (κ3) is 5.60. The first-order valence-corrected chi connectivity index (χ1v) is 10.8. The Hall–Kier alpha value is -2.59. The van der Waals surface area contributed by atoms with E-state index >= 15 is 0 Å². The maximum absolute atomic E-state index is 13.5. The van der Waals surface area contributed by atoms with E-state index < -0.39 is 0 Å². The van der Waals surface area contributed by atoms with Gasteiger partial charge in [0.05, 0.1) is 30.0 Å². The van der Waals surface area contributed by atoms with Crippen molar-refractivity contribution in [2.75, 3.05) is 33.0 Å². The molecule has 0 aliphatic heterocycles. The highest BCUT2D eigenvalue weighted by Gasteiger charge is 2.21. The number of aromatic nitrogens is 3. The Bertz CT molecular complexity index is 1140. The molecule has 2 aromatic carbocycles. The lowest BCUT2D eigenvalue weighted by atomic mass is 10.2. The maximum atomic E-state index is 13.5. The summed E-state index contributed by atoms with van der Waals surface area (Å²) < 4.78 is 17.4. The van der Waals surface area contributed by atoms with Gasteiger partial charge in [-0.25, -0.2) is 9.07 Å². The molecular formula is C22H26ClFN6OS. The lowest BCUT2D eigenvalue weighted by Crippen LogP contribution is -2.32. The van der Waals surface area contributed by atoms with Gasteiger partial charge >= 0.3 is 0 Å². The van der Waals surface area contributed by atoms with Gasteiger partial charge < -0.3 is 5.32 Å². The van der Waals surface area contributed by atoms with Gasteiger partial charge in [0.25, 0.3) is 0 Å². The third-order valence-corrected chi connectivity index (χ3v) is 5.76. The van der Waals surface area contributed by atoms with Crippen molar-refractivity contribution in [2.24, 2.45) is 0 Å². The van der Waals surface area contributed by atoms with Crippen molar-refractivity contribution in [2.45, 2.75) is 19.6 Å². The minimum absolute atomic E-state index is 0.0446. The van der Waals surface area contributed by atoms with Crippen LogP contribution in [0.4, 0.5) is 10.1 Å². The molecule has 3 rings (SSSR count). The first-order chi connectivity index (χ1) is 15.2. The Morgan fingerprint density at radius 3 is 2.47 bits per heavy atom. The van der Waals surface area contributed by atoms with Gasteiger partial charge in [0, 0.05) is 5.69 Å². The zero-order valence-electron chi connectivity index (χ0n) is 18.4. The van der Waals surface area contributed by atoms with E-state index in [1.54, 1.807) is 53.0 Å². The van der Waals surface area contributed by atoms with E-state index in [1.807, 2.05) is 30.5 Å². The number of amides is 1. The van der Waals surface area contributed by atoms with E-state index in [9.17, 15) is 9.18 Å². The number of nitrogens with one attached hydrogen (secondary N) is 1. The van der Waals surface area contributed by atoms with Crippen LogP contribution in [0.15, 0.2) is 48.5 Å². The highest BCUT2D eigenvalue weighted by Crippen LogP contribution is 2.22. The lowest BCUT2D eigenvalue weighted by molar-refractivity contribution is -0.117. The number of hydrogen-bond donors (Lipinski definition) is 1. The zero-order chi connectivity index (χ0) is 23.4. The molecule has 0 saturated heterocycles. The van der Waals surface area contributed by atoms with Gasteiger partial charge in [0.1, 0.15) is 5.82 Å². The molecule has 0 spiro atoms. The summed E-state index contributed by atoms with van der Waals surface area (Å²) in [7, 11) is 5.71. The fraction of sp³-hybridized carbons (Fsp3) is 0.318. The molecule has 10 heteroatoms. The van der Waals surface area contributed by atoms with E-state index in [0.29, 0.717) is 22.1 Å². The smallest absolute Gasteiger partial charge is 0.238 e. The minimum atomic E-state index is -0.320. The normalized spacial score (nSPS) is 12.4. The van der Waals surface area contributed by atoms with Gasteiger partial charge in [-0.05, 0) is 76.7 Å². The molecular weight excluding hydrogens is 451 g/mol. The van der Waals surface area contributed by atoms with E-state index in [4.69, 9.17) is 28.9 Å². The second-order valence-electron chi connectivity index (χ2n) is 7.78. The van der Waals surface area contributed by atoms with Crippen LogP contribution in [0.3, 0.4) is 0 Å². The molecule has 3 aromatic rings. The molecule has 1 amide bonds. The van der Waals surface area contributed by atoms with Crippen molar-refractivity contribution >= 4 is 35.4 Å². The average molecular weight is 477 g/mol. The van der Waals surface area contributed by atoms with Crippen LogP contribution in [0, 0.1) is 10.6 Å². The monoisotopic (exact) mass is 476 g/mol. The van der Waals surface area contributed by atoms with Gasteiger partial charge in [0.15, 0.2) is 5.82 Å². The summed E-state index contributed by atoms with van der Waals surface area (Å²) in [5.74, 6) is 0.201. The SMILES string of the molecule is C[C@H](c1nn(CN(C)CC(=O)Nc2ccccc2Cl)c(=S)n1-c1ccc(F)cc1)N(C)C. The number of likely N-dealkylation sites (N-methyl/N-ethyl adjacent to an activating group) is 1. The molecule has 0 saturated carbocycles. The van der Waals surface area contributed by atoms with Gasteiger partial charge in [-0.1, -0.05) is 23.7 Å². The summed E-state index contributed by atoms with van der Waals surface area (Å²) in [5, 5.41) is 8.01. The second-order valence-corrected chi connectivity index (χ2v) is 8.55. The standard InChI is InChI=1S/C22H26ClFN6OS/c1-15(27(2)3)21-26-29(22(32)30(21)17-11-9-16(24)10-12-17)14-28(4)13-20(31)25-19-8-6-5-7-18(19)23/h5-12,15H,13-14H2,1-4H3,(H,25,31)/t15-/m1/s1. The van der Waals surface area contributed by atoms with E-state index in [1.165, 1.54) is 12.1 Å². The van der Waals surface area contributed by atoms with E-state index in [0.717, 1.165) is 11.5 Å². The highest BCUT2D eigenvalue weighted by atomic mass is 35.5. The molecule has 1 N–H and O–H groups in total. The number of nitrogens with zero attached hydrogens (tertiary/aromatic N) is 5. The van der Waals surface area contributed by atoms with Crippen molar-refractivity contribution in [3.8, 4) is 5.69 Å². The fourth-order valence-electron chi connectivity index (χ4n) is 3.13. The number of anilines is 1. The largest absolute Gasteiger partial charge is 0.324 e. The number of halogens is 2. The second kappa shape index (κ2) is 10.4. The van der Waals surface area contributed by atoms with Crippen LogP contribution in [-0.2, 0) is 11.5 Å². The maximum Gasteiger partial charge on any atom is 0.238 e. The van der Waals surface area contributed by atoms with Gasteiger partial charge in [-0.2, -0.15) is 5.10 Å². The molecule has 1 heterocycles. The molecule has 7 nitrogen and oxygen atoms in total. The fourth-order valence-corrected chi connectivity index (χ4v) is 3.61. The molecule has 32 heavy (non-hydrogen) atoms. The summed E-state index contributed by atoms with van der Waals surface area (Å²) in [6.45, 7) is 2.44. The Balaban J connectivity index is 1.82. The molecule has 170 valence electrons. The van der Waals surface area contributed by atoms with Crippen molar-refractivity contribution in [3.63, 3.8) is 0 Å². The number of rotatable bonds is 8. The van der Waals surface area contributed by atoms with Gasteiger partial charge in [-0.3, -0.25) is 19.2 Å². The Kier molecular flexibility index (Phi) is 7.78. The summed E-state index contributed by atoms with van der Waals surface area (Å²) in [6.07, 6.45) is 0. The summed E-state index contributed by atoms with van der Waals surface area (Å²) in [4.78, 5) is 16.3.